The molecule has 1 aromatic carbocycles. The Balaban J connectivity index is 2.31. The maximum Gasteiger partial charge on any atom is 0.273 e. The Bertz CT molecular complexity index is 871. The van der Waals surface area contributed by atoms with E-state index in [0.29, 0.717) is 5.69 Å². The first-order valence-electron chi connectivity index (χ1n) is 5.55. The van der Waals surface area contributed by atoms with Crippen LogP contribution in [0, 0.1) is 6.92 Å². The van der Waals surface area contributed by atoms with E-state index >= 15 is 0 Å². The molecule has 0 aliphatic rings. The zero-order valence-electron chi connectivity index (χ0n) is 11.0. The van der Waals surface area contributed by atoms with Crippen LogP contribution in [0.5, 0.6) is 0 Å². The van der Waals surface area contributed by atoms with Crippen LogP contribution in [-0.4, -0.2) is 28.1 Å². The van der Waals surface area contributed by atoms with Gasteiger partial charge in [0.25, 0.3) is 10.0 Å². The molecule has 2 rings (SSSR count). The molecule has 0 amide bonds. The lowest BCUT2D eigenvalue weighted by atomic mass is 10.3. The topological polar surface area (TPSA) is 93.2 Å². The van der Waals surface area contributed by atoms with E-state index in [1.807, 2.05) is 0 Å². The maximum atomic E-state index is 12.2. The summed E-state index contributed by atoms with van der Waals surface area (Å²) in [5, 5.41) is 0. The third kappa shape index (κ3) is 3.73. The van der Waals surface area contributed by atoms with E-state index in [1.54, 1.807) is 6.92 Å². The average molecular weight is 367 g/mol. The van der Waals surface area contributed by atoms with Gasteiger partial charge in [0.1, 0.15) is 0 Å². The summed E-state index contributed by atoms with van der Waals surface area (Å²) in [4.78, 5) is 3.96. The number of rotatable bonds is 4. The number of nitrogens with one attached hydrogen (secondary N) is 1. The van der Waals surface area contributed by atoms with Crippen LogP contribution >= 0.6 is 22.9 Å². The van der Waals surface area contributed by atoms with E-state index < -0.39 is 19.9 Å². The fraction of sp³-hybridized carbons (Fsp3) is 0.182. The largest absolute Gasteiger partial charge is 0.279 e. The van der Waals surface area contributed by atoms with Crippen molar-refractivity contribution in [2.75, 3.05) is 11.0 Å². The van der Waals surface area contributed by atoms with Crippen LogP contribution < -0.4 is 4.72 Å². The second kappa shape index (κ2) is 5.56. The number of sulfone groups is 1. The maximum absolute atomic E-state index is 12.2. The number of hydrogen-bond donors (Lipinski definition) is 1. The SMILES string of the molecule is Cc1nc(Cl)sc1S(=O)(=O)Nc1ccc(S(C)(=O)=O)cc1. The van der Waals surface area contributed by atoms with Gasteiger partial charge < -0.3 is 0 Å². The van der Waals surface area contributed by atoms with Crippen molar-refractivity contribution >= 4 is 48.5 Å². The molecule has 1 aromatic heterocycles. The summed E-state index contributed by atoms with van der Waals surface area (Å²) in [7, 11) is -7.12. The highest BCUT2D eigenvalue weighted by atomic mass is 35.5. The predicted octanol–water partition coefficient (Wildman–Crippen LogP) is 2.31. The lowest BCUT2D eigenvalue weighted by Gasteiger charge is -2.07. The fourth-order valence-electron chi connectivity index (χ4n) is 1.57. The van der Waals surface area contributed by atoms with Crippen molar-refractivity contribution in [2.45, 2.75) is 16.0 Å². The summed E-state index contributed by atoms with van der Waals surface area (Å²) in [6.07, 6.45) is 1.08. The quantitative estimate of drug-likeness (QED) is 0.896. The molecule has 1 heterocycles. The number of thiazole rings is 1. The molecule has 2 aromatic rings. The van der Waals surface area contributed by atoms with Gasteiger partial charge in [-0.25, -0.2) is 21.8 Å². The zero-order chi connectivity index (χ0) is 15.8. The first-order valence-corrected chi connectivity index (χ1v) is 10.1. The molecule has 0 saturated heterocycles. The van der Waals surface area contributed by atoms with Crippen molar-refractivity contribution in [1.29, 1.82) is 0 Å². The molecule has 0 aliphatic carbocycles. The van der Waals surface area contributed by atoms with Gasteiger partial charge in [-0.3, -0.25) is 4.72 Å². The minimum absolute atomic E-state index is 0.0275. The summed E-state index contributed by atoms with van der Waals surface area (Å²) in [5.74, 6) is 0. The zero-order valence-corrected chi connectivity index (χ0v) is 14.2. The summed E-state index contributed by atoms with van der Waals surface area (Å²) < 4.78 is 49.6. The van der Waals surface area contributed by atoms with Gasteiger partial charge in [0.15, 0.2) is 18.5 Å². The van der Waals surface area contributed by atoms with Crippen LogP contribution in [0.3, 0.4) is 0 Å². The molecule has 0 bridgehead atoms. The molecule has 10 heteroatoms. The third-order valence-electron chi connectivity index (χ3n) is 2.51. The summed E-state index contributed by atoms with van der Waals surface area (Å²) in [6.45, 7) is 1.55. The first-order chi connectivity index (χ1) is 9.59. The summed E-state index contributed by atoms with van der Waals surface area (Å²) in [5.41, 5.74) is 0.566. The molecule has 0 unspecified atom stereocenters. The molecular formula is C11H11ClN2O4S3. The number of aryl methyl sites for hydroxylation is 1. The molecule has 0 aliphatic heterocycles. The van der Waals surface area contributed by atoms with Gasteiger partial charge in [-0.2, -0.15) is 0 Å². The second-order valence-electron chi connectivity index (χ2n) is 4.24. The van der Waals surface area contributed by atoms with E-state index in [9.17, 15) is 16.8 Å². The van der Waals surface area contributed by atoms with Crippen molar-refractivity contribution in [3.8, 4) is 0 Å². The highest BCUT2D eigenvalue weighted by Crippen LogP contribution is 2.28. The normalized spacial score (nSPS) is 12.3. The fourth-order valence-corrected chi connectivity index (χ4v) is 5.00. The van der Waals surface area contributed by atoms with Gasteiger partial charge in [0, 0.05) is 11.9 Å². The van der Waals surface area contributed by atoms with Crippen LogP contribution in [-0.2, 0) is 19.9 Å². The number of benzene rings is 1. The van der Waals surface area contributed by atoms with Gasteiger partial charge in [-0.15, -0.1) is 0 Å². The predicted molar refractivity (Wildman–Crippen MR) is 82.2 cm³/mol. The van der Waals surface area contributed by atoms with Crippen LogP contribution in [0.1, 0.15) is 5.69 Å². The standard InChI is InChI=1S/C11H11ClN2O4S3/c1-7-10(19-11(12)13-7)21(17,18)14-8-3-5-9(6-4-8)20(2,15)16/h3-6,14H,1-2H3. The molecule has 0 spiro atoms. The van der Waals surface area contributed by atoms with E-state index in [1.165, 1.54) is 24.3 Å². The van der Waals surface area contributed by atoms with Crippen molar-refractivity contribution in [2.24, 2.45) is 0 Å². The van der Waals surface area contributed by atoms with Gasteiger partial charge in [-0.05, 0) is 31.2 Å². The number of halogens is 1. The van der Waals surface area contributed by atoms with Crippen LogP contribution in [0.2, 0.25) is 4.47 Å². The molecule has 0 fully saturated rings. The minimum atomic E-state index is -3.80. The lowest BCUT2D eigenvalue weighted by Crippen LogP contribution is -2.12. The van der Waals surface area contributed by atoms with E-state index in [-0.39, 0.29) is 19.3 Å². The highest BCUT2D eigenvalue weighted by molar-refractivity contribution is 7.94. The smallest absolute Gasteiger partial charge is 0.273 e. The Morgan fingerprint density at radius 1 is 1.14 bits per heavy atom. The Kier molecular flexibility index (Phi) is 4.29. The van der Waals surface area contributed by atoms with Crippen LogP contribution in [0.15, 0.2) is 33.4 Å². The number of hydrogen-bond acceptors (Lipinski definition) is 6. The molecule has 0 atom stereocenters. The third-order valence-corrected chi connectivity index (χ3v) is 6.89. The second-order valence-corrected chi connectivity index (χ2v) is 9.72. The average Bonchev–Trinajstić information content (AvgIpc) is 2.68. The van der Waals surface area contributed by atoms with Gasteiger partial charge in [0.2, 0.25) is 0 Å². The van der Waals surface area contributed by atoms with E-state index in [2.05, 4.69) is 9.71 Å². The van der Waals surface area contributed by atoms with Gasteiger partial charge >= 0.3 is 0 Å². The van der Waals surface area contributed by atoms with Crippen molar-refractivity contribution in [3.05, 3.63) is 34.4 Å². The van der Waals surface area contributed by atoms with Crippen molar-refractivity contribution in [1.82, 2.24) is 4.98 Å². The first kappa shape index (κ1) is 16.2. The molecule has 0 radical (unpaired) electrons. The van der Waals surface area contributed by atoms with Crippen LogP contribution in [0.25, 0.3) is 0 Å². The Hall–Kier alpha value is -1.16. The Morgan fingerprint density at radius 3 is 2.14 bits per heavy atom. The van der Waals surface area contributed by atoms with Crippen molar-refractivity contribution < 1.29 is 16.8 Å². The molecular weight excluding hydrogens is 356 g/mol. The Labute approximate surface area is 131 Å². The lowest BCUT2D eigenvalue weighted by molar-refractivity contribution is 0.601. The van der Waals surface area contributed by atoms with Gasteiger partial charge in [-0.1, -0.05) is 22.9 Å². The Morgan fingerprint density at radius 2 is 1.71 bits per heavy atom. The number of sulfonamides is 1. The summed E-state index contributed by atoms with van der Waals surface area (Å²) >= 11 is 6.55. The number of anilines is 1. The van der Waals surface area contributed by atoms with Crippen molar-refractivity contribution in [3.63, 3.8) is 0 Å². The van der Waals surface area contributed by atoms with Gasteiger partial charge in [0.05, 0.1) is 10.6 Å². The highest BCUT2D eigenvalue weighted by Gasteiger charge is 2.21. The van der Waals surface area contributed by atoms with Crippen LogP contribution in [0.4, 0.5) is 5.69 Å². The number of nitrogens with zero attached hydrogens (tertiary/aromatic N) is 1. The minimum Gasteiger partial charge on any atom is -0.279 e. The van der Waals surface area contributed by atoms with E-state index in [0.717, 1.165) is 17.6 Å². The number of aromatic nitrogens is 1. The molecule has 1 N–H and O–H groups in total. The van der Waals surface area contributed by atoms with E-state index in [4.69, 9.17) is 11.6 Å². The molecule has 21 heavy (non-hydrogen) atoms. The molecule has 6 nitrogen and oxygen atoms in total. The monoisotopic (exact) mass is 366 g/mol. The summed E-state index contributed by atoms with van der Waals surface area (Å²) in [6, 6.07) is 5.43. The molecule has 114 valence electrons. The molecule has 0 saturated carbocycles.